The minimum absolute atomic E-state index is 0.121. The minimum Gasteiger partial charge on any atom is -0.393 e. The molecule has 3 heteroatoms. The summed E-state index contributed by atoms with van der Waals surface area (Å²) in [4.78, 5) is 11.5. The molecule has 1 amide bonds. The maximum Gasteiger partial charge on any atom is 0.220 e. The van der Waals surface area contributed by atoms with Crippen molar-refractivity contribution in [3.8, 4) is 0 Å². The van der Waals surface area contributed by atoms with E-state index in [1.807, 2.05) is 0 Å². The second-order valence-corrected chi connectivity index (χ2v) is 4.77. The van der Waals surface area contributed by atoms with E-state index in [9.17, 15) is 4.79 Å². The van der Waals surface area contributed by atoms with Crippen molar-refractivity contribution in [2.45, 2.75) is 38.2 Å². The summed E-state index contributed by atoms with van der Waals surface area (Å²) in [5.74, 6) is 1.12. The Morgan fingerprint density at radius 3 is 2.87 bits per heavy atom. The van der Waals surface area contributed by atoms with Gasteiger partial charge in [-0.2, -0.15) is 0 Å². The number of hydrogen-bond acceptors (Lipinski definition) is 2. The molecule has 1 saturated carbocycles. The molecular formula is C12H19NO2. The zero-order valence-electron chi connectivity index (χ0n) is 8.98. The van der Waals surface area contributed by atoms with E-state index in [2.05, 4.69) is 17.5 Å². The lowest BCUT2D eigenvalue weighted by atomic mass is 9.82. The third-order valence-electron chi connectivity index (χ3n) is 3.36. The number of amides is 1. The van der Waals surface area contributed by atoms with Gasteiger partial charge in [0, 0.05) is 13.0 Å². The van der Waals surface area contributed by atoms with Crippen molar-refractivity contribution < 1.29 is 9.90 Å². The van der Waals surface area contributed by atoms with Gasteiger partial charge >= 0.3 is 0 Å². The highest BCUT2D eigenvalue weighted by atomic mass is 16.3. The lowest BCUT2D eigenvalue weighted by Crippen LogP contribution is -2.38. The summed E-state index contributed by atoms with van der Waals surface area (Å²) < 4.78 is 0. The predicted octanol–water partition coefficient (Wildman–Crippen LogP) is 1.23. The molecule has 2 aliphatic rings. The molecule has 1 unspecified atom stereocenters. The van der Waals surface area contributed by atoms with Gasteiger partial charge in [0.05, 0.1) is 6.10 Å². The van der Waals surface area contributed by atoms with Crippen LogP contribution in [0.15, 0.2) is 12.2 Å². The fourth-order valence-electron chi connectivity index (χ4n) is 2.30. The normalized spacial score (nSPS) is 33.8. The van der Waals surface area contributed by atoms with Gasteiger partial charge in [-0.15, -0.1) is 0 Å². The first-order valence-corrected chi connectivity index (χ1v) is 5.85. The molecule has 0 spiro atoms. The predicted molar refractivity (Wildman–Crippen MR) is 58.2 cm³/mol. The SMILES string of the molecule is O=C(CC1C=CCC1)NCC1CC(O)C1. The average molecular weight is 209 g/mol. The van der Waals surface area contributed by atoms with Gasteiger partial charge in [0.25, 0.3) is 0 Å². The van der Waals surface area contributed by atoms with E-state index in [1.54, 1.807) is 0 Å². The Kier molecular flexibility index (Phi) is 3.41. The first-order valence-electron chi connectivity index (χ1n) is 5.85. The van der Waals surface area contributed by atoms with E-state index >= 15 is 0 Å². The summed E-state index contributed by atoms with van der Waals surface area (Å²) >= 11 is 0. The second-order valence-electron chi connectivity index (χ2n) is 4.77. The molecule has 2 N–H and O–H groups in total. The van der Waals surface area contributed by atoms with Crippen LogP contribution in [0.25, 0.3) is 0 Å². The standard InChI is InChI=1S/C12H19NO2/c14-11-5-10(6-11)8-13-12(15)7-9-3-1-2-4-9/h1,3,9-11,14H,2,4-8H2,(H,13,15). The van der Waals surface area contributed by atoms with Crippen LogP contribution in [0.3, 0.4) is 0 Å². The molecule has 0 radical (unpaired) electrons. The average Bonchev–Trinajstić information content (AvgIpc) is 2.63. The largest absolute Gasteiger partial charge is 0.393 e. The quantitative estimate of drug-likeness (QED) is 0.684. The Bertz CT molecular complexity index is 256. The number of aliphatic hydroxyl groups excluding tert-OH is 1. The second kappa shape index (κ2) is 4.79. The summed E-state index contributed by atoms with van der Waals surface area (Å²) in [5, 5.41) is 12.0. The van der Waals surface area contributed by atoms with Crippen LogP contribution in [0.1, 0.15) is 32.1 Å². The molecule has 0 aromatic carbocycles. The fraction of sp³-hybridized carbons (Fsp3) is 0.750. The van der Waals surface area contributed by atoms with E-state index in [0.29, 0.717) is 18.3 Å². The first kappa shape index (κ1) is 10.7. The van der Waals surface area contributed by atoms with Crippen molar-refractivity contribution in [2.75, 3.05) is 6.54 Å². The molecule has 0 saturated heterocycles. The molecule has 0 aromatic heterocycles. The van der Waals surface area contributed by atoms with Crippen molar-refractivity contribution in [1.82, 2.24) is 5.32 Å². The highest BCUT2D eigenvalue weighted by Gasteiger charge is 2.27. The van der Waals surface area contributed by atoms with Gasteiger partial charge in [0.15, 0.2) is 0 Å². The van der Waals surface area contributed by atoms with Gasteiger partial charge in [0.2, 0.25) is 5.91 Å². The Morgan fingerprint density at radius 2 is 2.27 bits per heavy atom. The zero-order valence-corrected chi connectivity index (χ0v) is 8.98. The Morgan fingerprint density at radius 1 is 1.47 bits per heavy atom. The molecule has 84 valence electrons. The highest BCUT2D eigenvalue weighted by molar-refractivity contribution is 5.76. The highest BCUT2D eigenvalue weighted by Crippen LogP contribution is 2.26. The van der Waals surface area contributed by atoms with Crippen molar-refractivity contribution in [1.29, 1.82) is 0 Å². The summed E-state index contributed by atoms with van der Waals surface area (Å²) in [7, 11) is 0. The summed E-state index contributed by atoms with van der Waals surface area (Å²) in [5.41, 5.74) is 0. The molecule has 3 nitrogen and oxygen atoms in total. The van der Waals surface area contributed by atoms with Gasteiger partial charge in [-0.05, 0) is 37.5 Å². The minimum atomic E-state index is -0.121. The van der Waals surface area contributed by atoms with Gasteiger partial charge in [-0.3, -0.25) is 4.79 Å². The molecule has 1 fully saturated rings. The number of carbonyl (C=O) groups is 1. The van der Waals surface area contributed by atoms with E-state index in [1.165, 1.54) is 0 Å². The van der Waals surface area contributed by atoms with Crippen LogP contribution < -0.4 is 5.32 Å². The molecule has 0 aromatic rings. The third-order valence-corrected chi connectivity index (χ3v) is 3.36. The maximum absolute atomic E-state index is 11.5. The first-order chi connectivity index (χ1) is 7.24. The van der Waals surface area contributed by atoms with Crippen LogP contribution in [-0.2, 0) is 4.79 Å². The molecular weight excluding hydrogens is 190 g/mol. The maximum atomic E-state index is 11.5. The van der Waals surface area contributed by atoms with Crippen molar-refractivity contribution in [2.24, 2.45) is 11.8 Å². The van der Waals surface area contributed by atoms with Crippen LogP contribution in [0, 0.1) is 11.8 Å². The Balaban J connectivity index is 1.58. The molecule has 1 atom stereocenters. The number of allylic oxidation sites excluding steroid dienone is 2. The summed E-state index contributed by atoms with van der Waals surface area (Å²) in [6.45, 7) is 0.742. The van der Waals surface area contributed by atoms with Crippen molar-refractivity contribution in [3.05, 3.63) is 12.2 Å². The van der Waals surface area contributed by atoms with Crippen LogP contribution in [0.5, 0.6) is 0 Å². The Hall–Kier alpha value is -0.830. The monoisotopic (exact) mass is 209 g/mol. The number of aliphatic hydroxyl groups is 1. The molecule has 0 aliphatic heterocycles. The van der Waals surface area contributed by atoms with Crippen LogP contribution >= 0.6 is 0 Å². The third kappa shape index (κ3) is 3.06. The molecule has 15 heavy (non-hydrogen) atoms. The van der Waals surface area contributed by atoms with Crippen molar-refractivity contribution >= 4 is 5.91 Å². The molecule has 0 bridgehead atoms. The number of nitrogens with one attached hydrogen (secondary N) is 1. The topological polar surface area (TPSA) is 49.3 Å². The van der Waals surface area contributed by atoms with Gasteiger partial charge in [-0.25, -0.2) is 0 Å². The number of carbonyl (C=O) groups excluding carboxylic acids is 1. The van der Waals surface area contributed by atoms with Gasteiger partial charge in [-0.1, -0.05) is 12.2 Å². The lowest BCUT2D eigenvalue weighted by molar-refractivity contribution is -0.122. The van der Waals surface area contributed by atoms with Gasteiger partial charge < -0.3 is 10.4 Å². The number of rotatable bonds is 4. The van der Waals surface area contributed by atoms with E-state index < -0.39 is 0 Å². The van der Waals surface area contributed by atoms with Crippen molar-refractivity contribution in [3.63, 3.8) is 0 Å². The number of hydrogen-bond donors (Lipinski definition) is 2. The fourth-order valence-corrected chi connectivity index (χ4v) is 2.30. The van der Waals surface area contributed by atoms with Crippen LogP contribution in [-0.4, -0.2) is 23.7 Å². The smallest absolute Gasteiger partial charge is 0.220 e. The Labute approximate surface area is 90.6 Å². The molecule has 2 aliphatic carbocycles. The summed E-state index contributed by atoms with van der Waals surface area (Å²) in [6.07, 6.45) is 8.75. The van der Waals surface area contributed by atoms with E-state index in [4.69, 9.17) is 5.11 Å². The molecule has 0 heterocycles. The lowest BCUT2D eigenvalue weighted by Gasteiger charge is -2.31. The van der Waals surface area contributed by atoms with Gasteiger partial charge in [0.1, 0.15) is 0 Å². The van der Waals surface area contributed by atoms with E-state index in [0.717, 1.165) is 32.2 Å². The summed E-state index contributed by atoms with van der Waals surface area (Å²) in [6, 6.07) is 0. The van der Waals surface area contributed by atoms with E-state index in [-0.39, 0.29) is 12.0 Å². The zero-order chi connectivity index (χ0) is 10.7. The molecule has 2 rings (SSSR count). The van der Waals surface area contributed by atoms with Crippen LogP contribution in [0.4, 0.5) is 0 Å². The van der Waals surface area contributed by atoms with Crippen LogP contribution in [0.2, 0.25) is 0 Å².